The van der Waals surface area contributed by atoms with Crippen molar-refractivity contribution in [2.75, 3.05) is 47.5 Å². The first-order valence-electron chi connectivity index (χ1n) is 33.0. The molecule has 0 N–H and O–H groups in total. The summed E-state index contributed by atoms with van der Waals surface area (Å²) in [6.45, 7) is 4.16. The fraction of sp³-hybridized carbons (Fsp3) is 0.824. The van der Waals surface area contributed by atoms with Gasteiger partial charge in [-0.3, -0.25) is 14.2 Å². The van der Waals surface area contributed by atoms with Gasteiger partial charge in [-0.25, -0.2) is 0 Å². The number of quaternary nitrogens is 1. The summed E-state index contributed by atoms with van der Waals surface area (Å²) < 4.78 is 34.2. The molecule has 0 aromatic rings. The second-order valence-corrected chi connectivity index (χ2v) is 24.9. The first-order chi connectivity index (χ1) is 38.0. The fourth-order valence-electron chi connectivity index (χ4n) is 9.51. The third-order valence-corrected chi connectivity index (χ3v) is 15.5. The molecule has 78 heavy (non-hydrogen) atoms. The molecule has 0 amide bonds. The minimum absolute atomic E-state index is 0.0280. The Morgan fingerprint density at radius 3 is 1.09 bits per heavy atom. The Morgan fingerprint density at radius 1 is 0.410 bits per heavy atom. The fourth-order valence-corrected chi connectivity index (χ4v) is 10.2. The summed E-state index contributed by atoms with van der Waals surface area (Å²) in [6.07, 6.45) is 77.4. The van der Waals surface area contributed by atoms with E-state index in [-0.39, 0.29) is 32.0 Å². The number of phosphoric ester groups is 1. The Hall–Kier alpha value is -2.29. The molecule has 0 radical (unpaired) electrons. The SMILES string of the molecule is CC/C=C\C/C=C\C/C=C\C/C=C\C/C=C\CCCCCCCCCCCCCCCCCCCCCCCCCCCC(=O)OC(COC(=O)CCCCCCCCCCCCCCC)COP(=O)([O-])OCC[N+](C)(C)C. The molecule has 0 bridgehead atoms. The van der Waals surface area contributed by atoms with Crippen molar-refractivity contribution in [3.63, 3.8) is 0 Å². The van der Waals surface area contributed by atoms with Gasteiger partial charge in [0.15, 0.2) is 6.10 Å². The number of esters is 2. The second-order valence-electron chi connectivity index (χ2n) is 23.5. The van der Waals surface area contributed by atoms with Gasteiger partial charge in [0, 0.05) is 12.8 Å². The highest BCUT2D eigenvalue weighted by Gasteiger charge is 2.22. The normalized spacial score (nSPS) is 13.6. The molecule has 0 aliphatic heterocycles. The van der Waals surface area contributed by atoms with Gasteiger partial charge in [0.25, 0.3) is 7.82 Å². The Kier molecular flexibility index (Phi) is 57.6. The van der Waals surface area contributed by atoms with Crippen LogP contribution < -0.4 is 4.89 Å². The zero-order valence-corrected chi connectivity index (χ0v) is 52.8. The lowest BCUT2D eigenvalue weighted by molar-refractivity contribution is -0.870. The molecule has 0 aliphatic rings. The summed E-state index contributed by atoms with van der Waals surface area (Å²) >= 11 is 0. The molecular formula is C68H126NO8P. The van der Waals surface area contributed by atoms with E-state index in [4.69, 9.17) is 18.5 Å². The van der Waals surface area contributed by atoms with Crippen LogP contribution in [-0.4, -0.2) is 70.0 Å². The Morgan fingerprint density at radius 2 is 0.731 bits per heavy atom. The van der Waals surface area contributed by atoms with Gasteiger partial charge in [-0.15, -0.1) is 0 Å². The van der Waals surface area contributed by atoms with Crippen LogP contribution in [0.25, 0.3) is 0 Å². The number of carbonyl (C=O) groups is 2. The maximum atomic E-state index is 12.8. The van der Waals surface area contributed by atoms with Crippen molar-refractivity contribution >= 4 is 19.8 Å². The number of unbranched alkanes of at least 4 members (excludes halogenated alkanes) is 37. The molecular weight excluding hydrogens is 990 g/mol. The van der Waals surface area contributed by atoms with Crippen LogP contribution >= 0.6 is 7.82 Å². The molecule has 0 fully saturated rings. The van der Waals surface area contributed by atoms with Gasteiger partial charge in [-0.1, -0.05) is 299 Å². The van der Waals surface area contributed by atoms with Crippen molar-refractivity contribution < 1.29 is 42.1 Å². The van der Waals surface area contributed by atoms with Crippen LogP contribution in [0.15, 0.2) is 60.8 Å². The van der Waals surface area contributed by atoms with Crippen molar-refractivity contribution in [2.45, 2.75) is 315 Å². The molecule has 0 saturated heterocycles. The summed E-state index contributed by atoms with van der Waals surface area (Å²) in [7, 11) is 1.18. The number of likely N-dealkylation sites (N-methyl/N-ethyl adjacent to an activating group) is 1. The summed E-state index contributed by atoms with van der Waals surface area (Å²) in [5.74, 6) is -0.817. The van der Waals surface area contributed by atoms with Gasteiger partial charge in [-0.2, -0.15) is 0 Å². The first-order valence-corrected chi connectivity index (χ1v) is 34.5. The number of nitrogens with zero attached hydrogens (tertiary/aromatic N) is 1. The van der Waals surface area contributed by atoms with Crippen LogP contribution in [0.1, 0.15) is 309 Å². The van der Waals surface area contributed by atoms with Crippen LogP contribution in [0.4, 0.5) is 0 Å². The van der Waals surface area contributed by atoms with Crippen molar-refractivity contribution in [3.8, 4) is 0 Å². The van der Waals surface area contributed by atoms with E-state index >= 15 is 0 Å². The highest BCUT2D eigenvalue weighted by atomic mass is 31.2. The summed E-state index contributed by atoms with van der Waals surface area (Å²) in [5, 5.41) is 0. The Labute approximate surface area is 483 Å². The Balaban J connectivity index is 3.85. The lowest BCUT2D eigenvalue weighted by atomic mass is 10.0. The van der Waals surface area contributed by atoms with E-state index in [1.807, 2.05) is 21.1 Å². The van der Waals surface area contributed by atoms with Crippen LogP contribution in [0.5, 0.6) is 0 Å². The molecule has 0 saturated carbocycles. The number of hydrogen-bond acceptors (Lipinski definition) is 8. The van der Waals surface area contributed by atoms with Gasteiger partial charge in [-0.05, 0) is 57.8 Å². The first kappa shape index (κ1) is 75.7. The zero-order chi connectivity index (χ0) is 57.0. The highest BCUT2D eigenvalue weighted by Crippen LogP contribution is 2.38. The molecule has 0 rings (SSSR count). The molecule has 0 aromatic heterocycles. The van der Waals surface area contributed by atoms with Crippen LogP contribution in [0, 0.1) is 0 Å². The largest absolute Gasteiger partial charge is 0.756 e. The summed E-state index contributed by atoms with van der Waals surface area (Å²) in [6, 6.07) is 0. The van der Waals surface area contributed by atoms with Gasteiger partial charge in [0.1, 0.15) is 19.8 Å². The number of phosphoric acid groups is 1. The lowest BCUT2D eigenvalue weighted by Crippen LogP contribution is -2.37. The molecule has 10 heteroatoms. The average Bonchev–Trinajstić information content (AvgIpc) is 3.40. The molecule has 0 aliphatic carbocycles. The number of allylic oxidation sites excluding steroid dienone is 10. The molecule has 0 spiro atoms. The predicted octanol–water partition coefficient (Wildman–Crippen LogP) is 20.4. The monoisotopic (exact) mass is 1120 g/mol. The molecule has 0 heterocycles. The summed E-state index contributed by atoms with van der Waals surface area (Å²) in [4.78, 5) is 37.8. The highest BCUT2D eigenvalue weighted by molar-refractivity contribution is 7.45. The maximum Gasteiger partial charge on any atom is 0.306 e. The minimum Gasteiger partial charge on any atom is -0.756 e. The molecule has 9 nitrogen and oxygen atoms in total. The van der Waals surface area contributed by atoms with E-state index in [9.17, 15) is 19.0 Å². The maximum absolute atomic E-state index is 12.8. The topological polar surface area (TPSA) is 111 Å². The van der Waals surface area contributed by atoms with Gasteiger partial charge >= 0.3 is 11.9 Å². The summed E-state index contributed by atoms with van der Waals surface area (Å²) in [5.41, 5.74) is 0. The second kappa shape index (κ2) is 59.3. The average molecular weight is 1120 g/mol. The Bertz CT molecular complexity index is 1500. The van der Waals surface area contributed by atoms with E-state index in [0.717, 1.165) is 64.2 Å². The third kappa shape index (κ3) is 62.9. The zero-order valence-electron chi connectivity index (χ0n) is 51.9. The molecule has 0 aromatic carbocycles. The van der Waals surface area contributed by atoms with Crippen LogP contribution in [-0.2, 0) is 32.7 Å². The van der Waals surface area contributed by atoms with Gasteiger partial charge in [0.2, 0.25) is 0 Å². The molecule has 2 unspecified atom stereocenters. The lowest BCUT2D eigenvalue weighted by Gasteiger charge is -2.28. The minimum atomic E-state index is -4.63. The van der Waals surface area contributed by atoms with E-state index in [0.29, 0.717) is 17.4 Å². The van der Waals surface area contributed by atoms with E-state index in [1.165, 1.54) is 212 Å². The standard InChI is InChI=1S/C68H126NO8P/c1-6-8-10-12-14-16-18-20-21-22-23-24-25-26-27-28-29-30-31-32-33-34-35-36-37-38-39-40-41-42-43-44-45-46-47-49-51-53-55-57-59-61-68(71)77-66(65-76-78(72,73)75-63-62-69(3,4)5)64-74-67(70)60-58-56-54-52-50-48-19-17-15-13-11-9-7-2/h8,10,14,16,20-21,23-24,26-27,66H,6-7,9,11-13,15,17-19,22,25,28-65H2,1-5H3/b10-8-,16-14-,21-20-,24-23-,27-26-. The van der Waals surface area contributed by atoms with E-state index < -0.39 is 26.5 Å². The predicted molar refractivity (Wildman–Crippen MR) is 333 cm³/mol. The van der Waals surface area contributed by atoms with E-state index in [2.05, 4.69) is 74.6 Å². The molecule has 456 valence electrons. The smallest absolute Gasteiger partial charge is 0.306 e. The molecule has 2 atom stereocenters. The van der Waals surface area contributed by atoms with Crippen molar-refractivity contribution in [1.29, 1.82) is 0 Å². The number of hydrogen-bond donors (Lipinski definition) is 0. The van der Waals surface area contributed by atoms with Crippen LogP contribution in [0.3, 0.4) is 0 Å². The van der Waals surface area contributed by atoms with Gasteiger partial charge < -0.3 is 27.9 Å². The van der Waals surface area contributed by atoms with Crippen molar-refractivity contribution in [1.82, 2.24) is 0 Å². The number of carbonyl (C=O) groups excluding carboxylic acids is 2. The number of ether oxygens (including phenoxy) is 2. The third-order valence-electron chi connectivity index (χ3n) is 14.6. The van der Waals surface area contributed by atoms with E-state index in [1.54, 1.807) is 0 Å². The van der Waals surface area contributed by atoms with Crippen molar-refractivity contribution in [3.05, 3.63) is 60.8 Å². The van der Waals surface area contributed by atoms with Crippen LogP contribution in [0.2, 0.25) is 0 Å². The van der Waals surface area contributed by atoms with Crippen molar-refractivity contribution in [2.24, 2.45) is 0 Å². The number of rotatable bonds is 61. The van der Waals surface area contributed by atoms with Gasteiger partial charge in [0.05, 0.1) is 27.7 Å². The quantitative estimate of drug-likeness (QED) is 0.0195.